The minimum absolute atomic E-state index is 0.0600. The van der Waals surface area contributed by atoms with Gasteiger partial charge in [0.05, 0.1) is 19.0 Å². The number of nitrogens with one attached hydrogen (secondary N) is 1. The van der Waals surface area contributed by atoms with Gasteiger partial charge in [0.15, 0.2) is 23.2 Å². The number of aromatic nitrogens is 4. The second-order valence-corrected chi connectivity index (χ2v) is 7.54. The van der Waals surface area contributed by atoms with E-state index in [0.717, 1.165) is 0 Å². The van der Waals surface area contributed by atoms with Crippen LogP contribution >= 0.6 is 11.6 Å². The Morgan fingerprint density at radius 2 is 2.00 bits per heavy atom. The number of ether oxygens (including phenoxy) is 2. The van der Waals surface area contributed by atoms with Crippen LogP contribution < -0.4 is 10.1 Å². The first kappa shape index (κ1) is 21.7. The quantitative estimate of drug-likeness (QED) is 0.388. The number of aliphatic hydroxyl groups excluding tert-OH is 3. The van der Waals surface area contributed by atoms with Gasteiger partial charge in [-0.15, -0.1) is 0 Å². The number of rotatable bonds is 7. The molecule has 0 amide bonds. The summed E-state index contributed by atoms with van der Waals surface area (Å²) in [6.07, 6.45) is -3.10. The Kier molecular flexibility index (Phi) is 6.21. The summed E-state index contributed by atoms with van der Waals surface area (Å²) in [6, 6.07) is 5.46. The zero-order valence-electron chi connectivity index (χ0n) is 16.4. The van der Waals surface area contributed by atoms with Gasteiger partial charge in [-0.3, -0.25) is 4.57 Å². The van der Waals surface area contributed by atoms with Gasteiger partial charge in [0, 0.05) is 0 Å². The van der Waals surface area contributed by atoms with E-state index in [1.165, 1.54) is 35.2 Å². The fourth-order valence-electron chi connectivity index (χ4n) is 3.31. The zero-order chi connectivity index (χ0) is 22.1. The van der Waals surface area contributed by atoms with Gasteiger partial charge in [-0.2, -0.15) is 9.97 Å². The van der Waals surface area contributed by atoms with Gasteiger partial charge in [-0.05, 0) is 42.8 Å². The summed E-state index contributed by atoms with van der Waals surface area (Å²) >= 11 is 6.09. The van der Waals surface area contributed by atoms with Crippen LogP contribution in [0, 0.1) is 5.82 Å². The first-order chi connectivity index (χ1) is 14.9. The van der Waals surface area contributed by atoms with Crippen molar-refractivity contribution in [1.29, 1.82) is 0 Å². The maximum absolute atomic E-state index is 13.0. The number of imidazole rings is 1. The van der Waals surface area contributed by atoms with E-state index in [0.29, 0.717) is 17.1 Å². The van der Waals surface area contributed by atoms with Crippen molar-refractivity contribution in [1.82, 2.24) is 19.5 Å². The number of anilines is 1. The molecule has 3 unspecified atom stereocenters. The van der Waals surface area contributed by atoms with E-state index in [9.17, 15) is 19.7 Å². The predicted molar refractivity (Wildman–Crippen MR) is 108 cm³/mol. The maximum atomic E-state index is 13.0. The van der Waals surface area contributed by atoms with Crippen molar-refractivity contribution in [2.75, 3.05) is 18.5 Å². The number of hydrogen-bond donors (Lipinski definition) is 4. The lowest BCUT2D eigenvalue weighted by molar-refractivity contribution is -0.0511. The lowest BCUT2D eigenvalue weighted by atomic mass is 10.1. The van der Waals surface area contributed by atoms with Crippen molar-refractivity contribution in [2.45, 2.75) is 37.5 Å². The second-order valence-electron chi connectivity index (χ2n) is 7.20. The van der Waals surface area contributed by atoms with Crippen molar-refractivity contribution in [3.8, 4) is 5.75 Å². The topological polar surface area (TPSA) is 135 Å². The molecule has 31 heavy (non-hydrogen) atoms. The molecule has 4 rings (SSSR count). The van der Waals surface area contributed by atoms with Crippen LogP contribution in [-0.4, -0.2) is 72.4 Å². The van der Waals surface area contributed by atoms with Gasteiger partial charge in [-0.1, -0.05) is 0 Å². The average molecular weight is 454 g/mol. The molecule has 1 aromatic carbocycles. The highest BCUT2D eigenvalue weighted by atomic mass is 35.5. The van der Waals surface area contributed by atoms with E-state index in [-0.39, 0.29) is 29.4 Å². The Morgan fingerprint density at radius 1 is 1.26 bits per heavy atom. The highest BCUT2D eigenvalue weighted by Gasteiger charge is 2.44. The highest BCUT2D eigenvalue weighted by molar-refractivity contribution is 6.28. The van der Waals surface area contributed by atoms with Gasteiger partial charge in [0.1, 0.15) is 36.5 Å². The summed E-state index contributed by atoms with van der Waals surface area (Å²) in [7, 11) is 0. The first-order valence-corrected chi connectivity index (χ1v) is 9.92. The molecule has 0 bridgehead atoms. The molecule has 166 valence electrons. The molecular formula is C19H21ClFN5O5. The van der Waals surface area contributed by atoms with Crippen LogP contribution in [0.1, 0.15) is 13.2 Å². The molecule has 0 aliphatic carbocycles. The Hall–Kier alpha value is -2.57. The lowest BCUT2D eigenvalue weighted by Crippen LogP contribution is -2.33. The standard InChI is InChI=1S/C19H21ClFN5O5/c1-9(7-30-11-4-2-10(21)3-5-11)23-16-13-17(25-19(20)24-16)26(8-22-13)18-15(29)14(28)12(6-27)31-18/h2-5,8-9,12,14-15,18,27-29H,6-7H2,1H3,(H,23,24,25)/t9?,12-,14?,15?,18-/m1/s1. The average Bonchev–Trinajstić information content (AvgIpc) is 3.28. The molecule has 12 heteroatoms. The normalized spacial score (nSPS) is 24.5. The van der Waals surface area contributed by atoms with Gasteiger partial charge < -0.3 is 30.1 Å². The zero-order valence-corrected chi connectivity index (χ0v) is 17.1. The van der Waals surface area contributed by atoms with Crippen LogP contribution in [0.25, 0.3) is 11.2 Å². The van der Waals surface area contributed by atoms with Gasteiger partial charge in [-0.25, -0.2) is 9.37 Å². The van der Waals surface area contributed by atoms with Crippen LogP contribution in [0.4, 0.5) is 10.2 Å². The molecule has 3 heterocycles. The van der Waals surface area contributed by atoms with Crippen molar-refractivity contribution in [2.24, 2.45) is 0 Å². The maximum Gasteiger partial charge on any atom is 0.226 e. The van der Waals surface area contributed by atoms with E-state index in [1.54, 1.807) is 0 Å². The summed E-state index contributed by atoms with van der Waals surface area (Å²) in [5.74, 6) is 0.520. The van der Waals surface area contributed by atoms with Crippen LogP contribution in [-0.2, 0) is 4.74 Å². The second kappa shape index (κ2) is 8.89. The molecule has 0 spiro atoms. The molecular weight excluding hydrogens is 433 g/mol. The number of hydrogen-bond acceptors (Lipinski definition) is 9. The monoisotopic (exact) mass is 453 g/mol. The molecule has 1 saturated heterocycles. The van der Waals surface area contributed by atoms with E-state index < -0.39 is 31.1 Å². The van der Waals surface area contributed by atoms with E-state index >= 15 is 0 Å². The van der Waals surface area contributed by atoms with Crippen molar-refractivity contribution in [3.63, 3.8) is 0 Å². The van der Waals surface area contributed by atoms with Gasteiger partial charge >= 0.3 is 0 Å². The summed E-state index contributed by atoms with van der Waals surface area (Å²) in [4.78, 5) is 12.7. The third-order valence-electron chi connectivity index (χ3n) is 4.88. The largest absolute Gasteiger partial charge is 0.491 e. The molecule has 2 aromatic heterocycles. The molecule has 10 nitrogen and oxygen atoms in total. The van der Waals surface area contributed by atoms with Crippen molar-refractivity contribution in [3.05, 3.63) is 41.7 Å². The summed E-state index contributed by atoms with van der Waals surface area (Å²) in [5, 5.41) is 32.7. The smallest absolute Gasteiger partial charge is 0.226 e. The van der Waals surface area contributed by atoms with Gasteiger partial charge in [0.25, 0.3) is 0 Å². The first-order valence-electron chi connectivity index (χ1n) is 9.54. The van der Waals surface area contributed by atoms with E-state index in [1.807, 2.05) is 6.92 Å². The lowest BCUT2D eigenvalue weighted by Gasteiger charge is -2.18. The number of halogens is 2. The Labute approximate surface area is 181 Å². The fourth-order valence-corrected chi connectivity index (χ4v) is 3.48. The van der Waals surface area contributed by atoms with Crippen molar-refractivity contribution >= 4 is 28.6 Å². The summed E-state index contributed by atoms with van der Waals surface area (Å²) in [6.45, 7) is 1.66. The Balaban J connectivity index is 1.53. The molecule has 0 radical (unpaired) electrons. The minimum atomic E-state index is -1.29. The fraction of sp³-hybridized carbons (Fsp3) is 0.421. The van der Waals surface area contributed by atoms with Crippen LogP contribution in [0.15, 0.2) is 30.6 Å². The minimum Gasteiger partial charge on any atom is -0.491 e. The Morgan fingerprint density at radius 3 is 2.68 bits per heavy atom. The summed E-state index contributed by atoms with van der Waals surface area (Å²) < 4.78 is 25.6. The molecule has 4 N–H and O–H groups in total. The predicted octanol–water partition coefficient (Wildman–Crippen LogP) is 1.11. The van der Waals surface area contributed by atoms with Crippen LogP contribution in [0.3, 0.4) is 0 Å². The van der Waals surface area contributed by atoms with Gasteiger partial charge in [0.2, 0.25) is 5.28 Å². The molecule has 1 fully saturated rings. The highest BCUT2D eigenvalue weighted by Crippen LogP contribution is 2.32. The molecule has 1 aliphatic heterocycles. The Bertz CT molecular complexity index is 1050. The number of aliphatic hydroxyl groups is 3. The number of nitrogens with zero attached hydrogens (tertiary/aromatic N) is 4. The van der Waals surface area contributed by atoms with Crippen molar-refractivity contribution < 1.29 is 29.2 Å². The molecule has 5 atom stereocenters. The molecule has 1 aliphatic rings. The third kappa shape index (κ3) is 4.41. The third-order valence-corrected chi connectivity index (χ3v) is 5.05. The molecule has 3 aromatic rings. The molecule has 0 saturated carbocycles. The van der Waals surface area contributed by atoms with Crippen LogP contribution in [0.5, 0.6) is 5.75 Å². The SMILES string of the molecule is CC(COc1ccc(F)cc1)Nc1nc(Cl)nc2c1ncn2[C@@H]1O[C@H](CO)C(O)C1O. The van der Waals surface area contributed by atoms with E-state index in [2.05, 4.69) is 20.3 Å². The van der Waals surface area contributed by atoms with E-state index in [4.69, 9.17) is 21.1 Å². The number of benzene rings is 1. The summed E-state index contributed by atoms with van der Waals surface area (Å²) in [5.41, 5.74) is 0.653. The number of fused-ring (bicyclic) bond motifs is 1. The van der Waals surface area contributed by atoms with Crippen LogP contribution in [0.2, 0.25) is 5.28 Å².